The summed E-state index contributed by atoms with van der Waals surface area (Å²) in [7, 11) is 0. The summed E-state index contributed by atoms with van der Waals surface area (Å²) in [5.41, 5.74) is 1.60. The third-order valence-corrected chi connectivity index (χ3v) is 3.22. The highest BCUT2D eigenvalue weighted by Gasteiger charge is 2.19. The molecule has 2 rings (SSSR count). The number of amides is 2. The van der Waals surface area contributed by atoms with Crippen molar-refractivity contribution in [3.8, 4) is 0 Å². The molecule has 0 atom stereocenters. The van der Waals surface area contributed by atoms with Crippen LogP contribution in [-0.2, 0) is 14.3 Å². The van der Waals surface area contributed by atoms with Gasteiger partial charge in [0.15, 0.2) is 0 Å². The first-order valence-electron chi connectivity index (χ1n) is 6.98. The Bertz CT molecular complexity index is 471. The highest BCUT2D eigenvalue weighted by Crippen LogP contribution is 2.22. The number of benzene rings is 1. The fourth-order valence-corrected chi connectivity index (χ4v) is 2.20. The number of anilines is 2. The molecule has 2 amide bonds. The average Bonchev–Trinajstić information content (AvgIpc) is 2.47. The fraction of sp³-hybridized carbons (Fsp3) is 0.467. The minimum absolute atomic E-state index is 0.0584. The Balaban J connectivity index is 1.95. The molecule has 0 bridgehead atoms. The van der Waals surface area contributed by atoms with Crippen molar-refractivity contribution in [2.75, 3.05) is 30.0 Å². The van der Waals surface area contributed by atoms with E-state index in [9.17, 15) is 9.59 Å². The summed E-state index contributed by atoms with van der Waals surface area (Å²) in [4.78, 5) is 25.1. The predicted octanol–water partition coefficient (Wildman–Crippen LogP) is 2.18. The van der Waals surface area contributed by atoms with Gasteiger partial charge in [-0.15, -0.1) is 0 Å². The van der Waals surface area contributed by atoms with Crippen molar-refractivity contribution >= 4 is 23.2 Å². The monoisotopic (exact) mass is 276 g/mol. The van der Waals surface area contributed by atoms with Crippen molar-refractivity contribution in [2.24, 2.45) is 0 Å². The Morgan fingerprint density at radius 2 is 2.05 bits per heavy atom. The summed E-state index contributed by atoms with van der Waals surface area (Å²) in [6, 6.07) is 7.33. The molecule has 1 heterocycles. The van der Waals surface area contributed by atoms with Crippen molar-refractivity contribution in [3.05, 3.63) is 24.3 Å². The lowest BCUT2D eigenvalue weighted by Crippen LogP contribution is -2.35. The first-order valence-corrected chi connectivity index (χ1v) is 6.98. The van der Waals surface area contributed by atoms with Gasteiger partial charge < -0.3 is 15.0 Å². The molecule has 0 radical (unpaired) electrons. The summed E-state index contributed by atoms with van der Waals surface area (Å²) in [5.74, 6) is -0.00182. The molecule has 0 aromatic heterocycles. The number of carbonyl (C=O) groups excluding carboxylic acids is 2. The Kier molecular flexibility index (Phi) is 5.12. The van der Waals surface area contributed by atoms with Crippen LogP contribution in [0.1, 0.15) is 26.2 Å². The van der Waals surface area contributed by atoms with Gasteiger partial charge in [-0.2, -0.15) is 0 Å². The zero-order valence-electron chi connectivity index (χ0n) is 11.7. The van der Waals surface area contributed by atoms with Gasteiger partial charge in [0.1, 0.15) is 6.61 Å². The zero-order chi connectivity index (χ0) is 14.4. The Hall–Kier alpha value is -1.88. The van der Waals surface area contributed by atoms with E-state index < -0.39 is 0 Å². The summed E-state index contributed by atoms with van der Waals surface area (Å²) in [6.07, 6.45) is 2.63. The smallest absolute Gasteiger partial charge is 0.250 e. The van der Waals surface area contributed by atoms with Gasteiger partial charge in [-0.3, -0.25) is 9.59 Å². The molecule has 0 unspecified atom stereocenters. The lowest BCUT2D eigenvalue weighted by Gasteiger charge is -2.26. The van der Waals surface area contributed by atoms with Crippen molar-refractivity contribution in [3.63, 3.8) is 0 Å². The topological polar surface area (TPSA) is 58.6 Å². The highest BCUT2D eigenvalue weighted by atomic mass is 16.5. The standard InChI is InChI=1S/C15H20N2O3/c1-2-20-11-14(18)16-12-6-8-13(9-7-12)17-10-4-3-5-15(17)19/h6-9H,2-5,10-11H2,1H3,(H,16,18). The van der Waals surface area contributed by atoms with Crippen molar-refractivity contribution in [2.45, 2.75) is 26.2 Å². The normalized spacial score (nSPS) is 15.2. The Morgan fingerprint density at radius 3 is 2.70 bits per heavy atom. The lowest BCUT2D eigenvalue weighted by atomic mass is 10.1. The van der Waals surface area contributed by atoms with Crippen LogP contribution >= 0.6 is 0 Å². The first-order chi connectivity index (χ1) is 9.70. The van der Waals surface area contributed by atoms with Gasteiger partial charge in [0.25, 0.3) is 0 Å². The van der Waals surface area contributed by atoms with E-state index in [2.05, 4.69) is 5.32 Å². The molecular weight excluding hydrogens is 256 g/mol. The molecule has 5 heteroatoms. The second kappa shape index (κ2) is 7.05. The third kappa shape index (κ3) is 3.81. The van der Waals surface area contributed by atoms with Crippen LogP contribution in [0, 0.1) is 0 Å². The second-order valence-electron chi connectivity index (χ2n) is 4.73. The predicted molar refractivity (Wildman–Crippen MR) is 77.8 cm³/mol. The van der Waals surface area contributed by atoms with Crippen molar-refractivity contribution < 1.29 is 14.3 Å². The molecule has 5 nitrogen and oxygen atoms in total. The molecule has 1 aliphatic rings. The maximum Gasteiger partial charge on any atom is 0.250 e. The number of hydrogen-bond donors (Lipinski definition) is 1. The van der Waals surface area contributed by atoms with E-state index in [0.717, 1.165) is 25.1 Å². The van der Waals surface area contributed by atoms with Crippen LogP contribution in [0.2, 0.25) is 0 Å². The number of hydrogen-bond acceptors (Lipinski definition) is 3. The lowest BCUT2D eigenvalue weighted by molar-refractivity contribution is -0.120. The molecule has 0 aliphatic carbocycles. The number of ether oxygens (including phenoxy) is 1. The Morgan fingerprint density at radius 1 is 1.30 bits per heavy atom. The molecule has 0 spiro atoms. The van der Waals surface area contributed by atoms with Crippen LogP contribution in [-0.4, -0.2) is 31.6 Å². The molecule has 20 heavy (non-hydrogen) atoms. The van der Waals surface area contributed by atoms with E-state index in [1.165, 1.54) is 0 Å². The van der Waals surface area contributed by atoms with Crippen LogP contribution in [0.4, 0.5) is 11.4 Å². The minimum atomic E-state index is -0.173. The maximum atomic E-state index is 11.8. The quantitative estimate of drug-likeness (QED) is 0.896. The van der Waals surface area contributed by atoms with E-state index in [0.29, 0.717) is 18.7 Å². The van der Waals surface area contributed by atoms with Gasteiger partial charge in [0.2, 0.25) is 11.8 Å². The number of carbonyl (C=O) groups is 2. The van der Waals surface area contributed by atoms with E-state index in [4.69, 9.17) is 4.74 Å². The maximum absolute atomic E-state index is 11.8. The molecule has 1 aromatic rings. The highest BCUT2D eigenvalue weighted by molar-refractivity contribution is 5.95. The third-order valence-electron chi connectivity index (χ3n) is 3.22. The SMILES string of the molecule is CCOCC(=O)Nc1ccc(N2CCCCC2=O)cc1. The second-order valence-corrected chi connectivity index (χ2v) is 4.73. The van der Waals surface area contributed by atoms with E-state index >= 15 is 0 Å². The Labute approximate surface area is 118 Å². The molecule has 1 saturated heterocycles. The van der Waals surface area contributed by atoms with Crippen LogP contribution in [0.5, 0.6) is 0 Å². The van der Waals surface area contributed by atoms with Gasteiger partial charge in [-0.05, 0) is 44.0 Å². The number of nitrogens with zero attached hydrogens (tertiary/aromatic N) is 1. The van der Waals surface area contributed by atoms with Crippen LogP contribution in [0.3, 0.4) is 0 Å². The van der Waals surface area contributed by atoms with E-state index in [1.807, 2.05) is 19.1 Å². The summed E-state index contributed by atoms with van der Waals surface area (Å²) in [5, 5.41) is 2.75. The first kappa shape index (κ1) is 14.5. The van der Waals surface area contributed by atoms with Gasteiger partial charge >= 0.3 is 0 Å². The molecule has 1 aromatic carbocycles. The average molecular weight is 276 g/mol. The van der Waals surface area contributed by atoms with Gasteiger partial charge in [0, 0.05) is 30.9 Å². The number of rotatable bonds is 5. The van der Waals surface area contributed by atoms with Crippen molar-refractivity contribution in [1.82, 2.24) is 0 Å². The number of nitrogens with one attached hydrogen (secondary N) is 1. The molecule has 1 aliphatic heterocycles. The fourth-order valence-electron chi connectivity index (χ4n) is 2.20. The van der Waals surface area contributed by atoms with Gasteiger partial charge in [-0.1, -0.05) is 0 Å². The summed E-state index contributed by atoms with van der Waals surface area (Å²) < 4.78 is 5.04. The zero-order valence-corrected chi connectivity index (χ0v) is 11.7. The molecular formula is C15H20N2O3. The minimum Gasteiger partial charge on any atom is -0.372 e. The number of piperidine rings is 1. The summed E-state index contributed by atoms with van der Waals surface area (Å²) >= 11 is 0. The molecule has 0 saturated carbocycles. The van der Waals surface area contributed by atoms with Gasteiger partial charge in [0.05, 0.1) is 0 Å². The summed E-state index contributed by atoms with van der Waals surface area (Å²) in [6.45, 7) is 3.19. The molecule has 1 N–H and O–H groups in total. The van der Waals surface area contributed by atoms with E-state index in [-0.39, 0.29) is 18.4 Å². The van der Waals surface area contributed by atoms with Crippen molar-refractivity contribution in [1.29, 1.82) is 0 Å². The van der Waals surface area contributed by atoms with E-state index in [1.54, 1.807) is 17.0 Å². The largest absolute Gasteiger partial charge is 0.372 e. The molecule has 1 fully saturated rings. The van der Waals surface area contributed by atoms with Gasteiger partial charge in [-0.25, -0.2) is 0 Å². The van der Waals surface area contributed by atoms with Crippen LogP contribution < -0.4 is 10.2 Å². The van der Waals surface area contributed by atoms with Crippen LogP contribution in [0.15, 0.2) is 24.3 Å². The molecule has 108 valence electrons. The van der Waals surface area contributed by atoms with Crippen LogP contribution in [0.25, 0.3) is 0 Å².